The summed E-state index contributed by atoms with van der Waals surface area (Å²) in [6, 6.07) is 22.6. The first-order valence-electron chi connectivity index (χ1n) is 9.11. The third-order valence-electron chi connectivity index (χ3n) is 4.14. The third kappa shape index (κ3) is 5.01. The Kier molecular flexibility index (Phi) is 6.47. The molecule has 4 heteroatoms. The maximum absolute atomic E-state index is 12.1. The Morgan fingerprint density at radius 3 is 2.39 bits per heavy atom. The minimum absolute atomic E-state index is 0.0924. The van der Waals surface area contributed by atoms with Crippen LogP contribution >= 0.6 is 0 Å². The molecule has 0 amide bonds. The molecule has 0 saturated heterocycles. The Bertz CT molecular complexity index is 944. The number of esters is 1. The number of ether oxygens (including phenoxy) is 2. The molecule has 0 fully saturated rings. The van der Waals surface area contributed by atoms with Crippen LogP contribution in [0.3, 0.4) is 0 Å². The average Bonchev–Trinajstić information content (AvgIpc) is 2.72. The SMILES string of the molecule is CCOC(=O)c1c(O)cccc1/C=C/c1ccc(OCc2ccccc2)cc1. The van der Waals surface area contributed by atoms with Crippen LogP contribution in [0.2, 0.25) is 0 Å². The number of benzene rings is 3. The van der Waals surface area contributed by atoms with Gasteiger partial charge in [0, 0.05) is 0 Å². The van der Waals surface area contributed by atoms with Crippen molar-refractivity contribution < 1.29 is 19.4 Å². The second-order valence-electron chi connectivity index (χ2n) is 6.14. The summed E-state index contributed by atoms with van der Waals surface area (Å²) in [5, 5.41) is 10.0. The van der Waals surface area contributed by atoms with E-state index in [1.807, 2.05) is 60.7 Å². The van der Waals surface area contributed by atoms with Gasteiger partial charge in [0.25, 0.3) is 0 Å². The first-order chi connectivity index (χ1) is 13.7. The van der Waals surface area contributed by atoms with E-state index in [-0.39, 0.29) is 17.9 Å². The lowest BCUT2D eigenvalue weighted by atomic mass is 10.0. The number of rotatable bonds is 7. The van der Waals surface area contributed by atoms with Crippen molar-refractivity contribution in [2.75, 3.05) is 6.61 Å². The molecule has 0 radical (unpaired) electrons. The van der Waals surface area contributed by atoms with Gasteiger partial charge in [-0.1, -0.05) is 66.7 Å². The summed E-state index contributed by atoms with van der Waals surface area (Å²) < 4.78 is 10.8. The van der Waals surface area contributed by atoms with Gasteiger partial charge in [-0.2, -0.15) is 0 Å². The third-order valence-corrected chi connectivity index (χ3v) is 4.14. The van der Waals surface area contributed by atoms with E-state index >= 15 is 0 Å². The number of carbonyl (C=O) groups excluding carboxylic acids is 1. The Morgan fingerprint density at radius 1 is 0.929 bits per heavy atom. The van der Waals surface area contributed by atoms with Gasteiger partial charge in [0.2, 0.25) is 0 Å². The topological polar surface area (TPSA) is 55.8 Å². The van der Waals surface area contributed by atoms with Crippen LogP contribution in [-0.4, -0.2) is 17.7 Å². The van der Waals surface area contributed by atoms with Crippen molar-refractivity contribution in [2.45, 2.75) is 13.5 Å². The predicted molar refractivity (Wildman–Crippen MR) is 110 cm³/mol. The van der Waals surface area contributed by atoms with Crippen molar-refractivity contribution in [1.82, 2.24) is 0 Å². The molecule has 4 nitrogen and oxygen atoms in total. The van der Waals surface area contributed by atoms with E-state index in [0.717, 1.165) is 16.9 Å². The van der Waals surface area contributed by atoms with E-state index in [4.69, 9.17) is 9.47 Å². The van der Waals surface area contributed by atoms with Gasteiger partial charge in [-0.05, 0) is 41.8 Å². The summed E-state index contributed by atoms with van der Waals surface area (Å²) in [5.41, 5.74) is 2.83. The van der Waals surface area contributed by atoms with Crippen LogP contribution in [0, 0.1) is 0 Å². The van der Waals surface area contributed by atoms with Gasteiger partial charge in [-0.3, -0.25) is 0 Å². The molecule has 0 saturated carbocycles. The van der Waals surface area contributed by atoms with Crippen molar-refractivity contribution in [3.8, 4) is 11.5 Å². The van der Waals surface area contributed by atoms with Crippen molar-refractivity contribution in [2.24, 2.45) is 0 Å². The number of hydrogen-bond donors (Lipinski definition) is 1. The maximum Gasteiger partial charge on any atom is 0.342 e. The van der Waals surface area contributed by atoms with Gasteiger partial charge in [0.05, 0.1) is 6.61 Å². The molecule has 0 aromatic heterocycles. The molecule has 0 aliphatic heterocycles. The van der Waals surface area contributed by atoms with E-state index < -0.39 is 5.97 Å². The quantitative estimate of drug-likeness (QED) is 0.449. The fraction of sp³-hybridized carbons (Fsp3) is 0.125. The monoisotopic (exact) mass is 374 g/mol. The molecule has 0 bridgehead atoms. The lowest BCUT2D eigenvalue weighted by Crippen LogP contribution is -2.06. The van der Waals surface area contributed by atoms with Crippen LogP contribution in [0.5, 0.6) is 11.5 Å². The van der Waals surface area contributed by atoms with Crippen LogP contribution < -0.4 is 4.74 Å². The molecular weight excluding hydrogens is 352 g/mol. The smallest absolute Gasteiger partial charge is 0.342 e. The fourth-order valence-corrected chi connectivity index (χ4v) is 2.72. The summed E-state index contributed by atoms with van der Waals surface area (Å²) in [6.07, 6.45) is 3.66. The molecule has 1 N–H and O–H groups in total. The zero-order valence-electron chi connectivity index (χ0n) is 15.7. The molecular formula is C24H22O4. The molecule has 0 spiro atoms. The molecule has 0 aliphatic carbocycles. The van der Waals surface area contributed by atoms with Crippen molar-refractivity contribution in [3.63, 3.8) is 0 Å². The van der Waals surface area contributed by atoms with Gasteiger partial charge < -0.3 is 14.6 Å². The minimum Gasteiger partial charge on any atom is -0.507 e. The maximum atomic E-state index is 12.1. The predicted octanol–water partition coefficient (Wildman–Crippen LogP) is 5.32. The molecule has 0 atom stereocenters. The standard InChI is InChI=1S/C24H22O4/c1-2-27-24(26)23-20(9-6-10-22(23)25)14-11-18-12-15-21(16-13-18)28-17-19-7-4-3-5-8-19/h3-16,25H,2,17H2,1H3/b14-11+. The van der Waals surface area contributed by atoms with Crippen LogP contribution in [-0.2, 0) is 11.3 Å². The summed E-state index contributed by atoms with van der Waals surface area (Å²) >= 11 is 0. The highest BCUT2D eigenvalue weighted by molar-refractivity contribution is 5.97. The highest BCUT2D eigenvalue weighted by Crippen LogP contribution is 2.24. The van der Waals surface area contributed by atoms with E-state index in [0.29, 0.717) is 12.2 Å². The highest BCUT2D eigenvalue weighted by atomic mass is 16.5. The number of carbonyl (C=O) groups is 1. The number of aromatic hydroxyl groups is 1. The van der Waals surface area contributed by atoms with Gasteiger partial charge >= 0.3 is 5.97 Å². The number of hydrogen-bond acceptors (Lipinski definition) is 4. The van der Waals surface area contributed by atoms with Crippen molar-refractivity contribution in [3.05, 3.63) is 95.1 Å². The molecule has 3 aromatic rings. The van der Waals surface area contributed by atoms with Gasteiger partial charge in [-0.15, -0.1) is 0 Å². The lowest BCUT2D eigenvalue weighted by Gasteiger charge is -2.08. The van der Waals surface area contributed by atoms with Crippen LogP contribution in [0.25, 0.3) is 12.2 Å². The zero-order valence-corrected chi connectivity index (χ0v) is 15.7. The summed E-state index contributed by atoms with van der Waals surface area (Å²) in [7, 11) is 0. The van der Waals surface area contributed by atoms with Crippen molar-refractivity contribution >= 4 is 18.1 Å². The number of phenols is 1. The van der Waals surface area contributed by atoms with Crippen LogP contribution in [0.1, 0.15) is 34.0 Å². The fourth-order valence-electron chi connectivity index (χ4n) is 2.72. The first kappa shape index (κ1) is 19.2. The Labute approximate surface area is 164 Å². The van der Waals surface area contributed by atoms with Gasteiger partial charge in [-0.25, -0.2) is 4.79 Å². The molecule has 28 heavy (non-hydrogen) atoms. The largest absolute Gasteiger partial charge is 0.507 e. The molecule has 3 aromatic carbocycles. The van der Waals surface area contributed by atoms with Crippen LogP contribution in [0.15, 0.2) is 72.8 Å². The van der Waals surface area contributed by atoms with Gasteiger partial charge in [0.1, 0.15) is 23.7 Å². The highest BCUT2D eigenvalue weighted by Gasteiger charge is 2.15. The molecule has 0 unspecified atom stereocenters. The first-order valence-corrected chi connectivity index (χ1v) is 9.11. The number of phenolic OH excluding ortho intramolecular Hbond substituents is 1. The van der Waals surface area contributed by atoms with Crippen LogP contribution in [0.4, 0.5) is 0 Å². The molecule has 3 rings (SSSR count). The van der Waals surface area contributed by atoms with Gasteiger partial charge in [0.15, 0.2) is 0 Å². The van der Waals surface area contributed by atoms with E-state index in [1.54, 1.807) is 25.1 Å². The summed E-state index contributed by atoms with van der Waals surface area (Å²) in [6.45, 7) is 2.50. The summed E-state index contributed by atoms with van der Waals surface area (Å²) in [5.74, 6) is 0.153. The second-order valence-corrected chi connectivity index (χ2v) is 6.14. The van der Waals surface area contributed by atoms with E-state index in [9.17, 15) is 9.90 Å². The minimum atomic E-state index is -0.537. The molecule has 142 valence electrons. The zero-order chi connectivity index (χ0) is 19.8. The second kappa shape index (κ2) is 9.42. The molecule has 0 heterocycles. The Balaban J connectivity index is 1.69. The average molecular weight is 374 g/mol. The Morgan fingerprint density at radius 2 is 1.68 bits per heavy atom. The molecule has 0 aliphatic rings. The van der Waals surface area contributed by atoms with E-state index in [2.05, 4.69) is 0 Å². The lowest BCUT2D eigenvalue weighted by molar-refractivity contribution is 0.0523. The Hall–Kier alpha value is -3.53. The normalized spacial score (nSPS) is 10.8. The van der Waals surface area contributed by atoms with Crippen molar-refractivity contribution in [1.29, 1.82) is 0 Å². The summed E-state index contributed by atoms with van der Waals surface area (Å²) in [4.78, 5) is 12.1. The van der Waals surface area contributed by atoms with E-state index in [1.165, 1.54) is 6.07 Å².